The summed E-state index contributed by atoms with van der Waals surface area (Å²) < 4.78 is 5.90. The molecule has 3 heteroatoms. The average molecular weight is 454 g/mol. The van der Waals surface area contributed by atoms with E-state index in [2.05, 4.69) is 121 Å². The maximum absolute atomic E-state index is 5.90. The maximum Gasteiger partial charge on any atom is 0.0552 e. The van der Waals surface area contributed by atoms with E-state index in [0.717, 1.165) is 13.2 Å². The zero-order chi connectivity index (χ0) is 21.6. The van der Waals surface area contributed by atoms with Crippen LogP contribution in [-0.4, -0.2) is 25.5 Å². The Balaban J connectivity index is 1.49. The Kier molecular flexibility index (Phi) is 6.80. The molecule has 32 heavy (non-hydrogen) atoms. The van der Waals surface area contributed by atoms with E-state index in [1.165, 1.54) is 33.5 Å². The molecule has 0 radical (unpaired) electrons. The molecule has 0 aromatic heterocycles. The number of hydrogen-bond acceptors (Lipinski definition) is 1. The van der Waals surface area contributed by atoms with Gasteiger partial charge in [-0.3, -0.25) is 0 Å². The fourth-order valence-electron chi connectivity index (χ4n) is 4.39. The third-order valence-electron chi connectivity index (χ3n) is 6.08. The third-order valence-corrected chi connectivity index (χ3v) is 11.7. The molecular weight excluding hydrogens is 426 g/mol. The molecule has 0 unspecified atom stereocenters. The second-order valence-corrected chi connectivity index (χ2v) is 12.9. The number of ether oxygens (including phenoxy) is 1. The van der Waals surface area contributed by atoms with Crippen molar-refractivity contribution in [2.75, 3.05) is 25.5 Å². The zero-order valence-electron chi connectivity index (χ0n) is 18.2. The predicted octanol–water partition coefficient (Wildman–Crippen LogP) is 5.27. The van der Waals surface area contributed by atoms with Gasteiger partial charge in [0.15, 0.2) is 0 Å². The first kappa shape index (κ1) is 21.5. The van der Waals surface area contributed by atoms with Crippen molar-refractivity contribution in [3.05, 3.63) is 121 Å². The molecule has 160 valence electrons. The van der Waals surface area contributed by atoms with Crippen LogP contribution in [0.25, 0.3) is 0 Å². The molecule has 0 atom stereocenters. The molecular formula is C29H28OP2. The van der Waals surface area contributed by atoms with E-state index in [0.29, 0.717) is 0 Å². The summed E-state index contributed by atoms with van der Waals surface area (Å²) in [5.41, 5.74) is 0.217. The molecule has 1 fully saturated rings. The normalized spacial score (nSPS) is 14.9. The van der Waals surface area contributed by atoms with Gasteiger partial charge in [0.05, 0.1) is 13.2 Å². The number of benzene rings is 4. The quantitative estimate of drug-likeness (QED) is 0.330. The summed E-state index contributed by atoms with van der Waals surface area (Å²) in [4.78, 5) is 0. The smallest absolute Gasteiger partial charge is 0.0552 e. The van der Waals surface area contributed by atoms with Gasteiger partial charge in [-0.25, -0.2) is 0 Å². The Morgan fingerprint density at radius 1 is 0.469 bits per heavy atom. The highest BCUT2D eigenvalue weighted by Gasteiger charge is 2.43. The van der Waals surface area contributed by atoms with Crippen molar-refractivity contribution in [3.8, 4) is 0 Å². The Labute approximate surface area is 194 Å². The summed E-state index contributed by atoms with van der Waals surface area (Å²) in [5.74, 6) is 0. The van der Waals surface area contributed by atoms with E-state index in [-0.39, 0.29) is 5.41 Å². The van der Waals surface area contributed by atoms with Crippen LogP contribution in [0.15, 0.2) is 121 Å². The largest absolute Gasteiger partial charge is 0.380 e. The van der Waals surface area contributed by atoms with Crippen LogP contribution in [0.5, 0.6) is 0 Å². The third kappa shape index (κ3) is 4.87. The lowest BCUT2D eigenvalue weighted by molar-refractivity contribution is -0.0839. The van der Waals surface area contributed by atoms with Crippen molar-refractivity contribution >= 4 is 37.1 Å². The van der Waals surface area contributed by atoms with Crippen molar-refractivity contribution in [1.29, 1.82) is 0 Å². The Morgan fingerprint density at radius 3 is 0.969 bits per heavy atom. The summed E-state index contributed by atoms with van der Waals surface area (Å²) >= 11 is 0. The minimum absolute atomic E-state index is 0.217. The number of hydrogen-bond donors (Lipinski definition) is 0. The Bertz CT molecular complexity index is 931. The van der Waals surface area contributed by atoms with Crippen LogP contribution in [0, 0.1) is 5.41 Å². The van der Waals surface area contributed by atoms with Gasteiger partial charge in [0.25, 0.3) is 0 Å². The van der Waals surface area contributed by atoms with Crippen LogP contribution < -0.4 is 21.2 Å². The molecule has 0 aliphatic carbocycles. The summed E-state index contributed by atoms with van der Waals surface area (Å²) in [6, 6.07) is 44.4. The Morgan fingerprint density at radius 2 is 0.750 bits per heavy atom. The summed E-state index contributed by atoms with van der Waals surface area (Å²) in [6.45, 7) is 1.73. The van der Waals surface area contributed by atoms with E-state index in [1.807, 2.05) is 0 Å². The van der Waals surface area contributed by atoms with Gasteiger partial charge in [0.2, 0.25) is 0 Å². The van der Waals surface area contributed by atoms with Gasteiger partial charge >= 0.3 is 0 Å². The van der Waals surface area contributed by atoms with Crippen LogP contribution >= 0.6 is 15.8 Å². The first-order valence-corrected chi connectivity index (χ1v) is 14.2. The molecule has 1 nitrogen and oxygen atoms in total. The lowest BCUT2D eigenvalue weighted by atomic mass is 9.91. The van der Waals surface area contributed by atoms with Crippen molar-refractivity contribution in [2.24, 2.45) is 5.41 Å². The van der Waals surface area contributed by atoms with Gasteiger partial charge in [0, 0.05) is 5.41 Å². The van der Waals surface area contributed by atoms with E-state index >= 15 is 0 Å². The first-order chi connectivity index (χ1) is 15.8. The fraction of sp³-hybridized carbons (Fsp3) is 0.172. The lowest BCUT2D eigenvalue weighted by Gasteiger charge is -2.46. The van der Waals surface area contributed by atoms with Gasteiger partial charge in [-0.2, -0.15) is 0 Å². The highest BCUT2D eigenvalue weighted by Crippen LogP contribution is 2.50. The van der Waals surface area contributed by atoms with Gasteiger partial charge in [0.1, 0.15) is 0 Å². The molecule has 0 spiro atoms. The minimum atomic E-state index is -0.431. The van der Waals surface area contributed by atoms with Crippen LogP contribution in [0.4, 0.5) is 0 Å². The molecule has 0 N–H and O–H groups in total. The van der Waals surface area contributed by atoms with Gasteiger partial charge in [-0.1, -0.05) is 121 Å². The monoisotopic (exact) mass is 454 g/mol. The van der Waals surface area contributed by atoms with Gasteiger partial charge < -0.3 is 4.74 Å². The zero-order valence-corrected chi connectivity index (χ0v) is 20.0. The fourth-order valence-corrected chi connectivity index (χ4v) is 9.95. The summed E-state index contributed by atoms with van der Waals surface area (Å²) in [7, 11) is -0.863. The molecule has 1 aliphatic heterocycles. The molecule has 1 heterocycles. The topological polar surface area (TPSA) is 9.23 Å². The molecule has 1 aliphatic rings. The maximum atomic E-state index is 5.90. The molecule has 1 saturated heterocycles. The second kappa shape index (κ2) is 10.1. The predicted molar refractivity (Wildman–Crippen MR) is 141 cm³/mol. The van der Waals surface area contributed by atoms with Gasteiger partial charge in [-0.05, 0) is 49.4 Å². The number of rotatable bonds is 8. The van der Waals surface area contributed by atoms with Crippen molar-refractivity contribution in [1.82, 2.24) is 0 Å². The van der Waals surface area contributed by atoms with Crippen LogP contribution in [0.1, 0.15) is 0 Å². The van der Waals surface area contributed by atoms with E-state index < -0.39 is 15.8 Å². The summed E-state index contributed by atoms with van der Waals surface area (Å²) in [6.07, 6.45) is 2.35. The van der Waals surface area contributed by atoms with E-state index in [9.17, 15) is 0 Å². The summed E-state index contributed by atoms with van der Waals surface area (Å²) in [5, 5.41) is 5.85. The van der Waals surface area contributed by atoms with E-state index in [1.54, 1.807) is 0 Å². The highest BCUT2D eigenvalue weighted by molar-refractivity contribution is 7.74. The molecule has 5 rings (SSSR count). The van der Waals surface area contributed by atoms with Crippen LogP contribution in [0.3, 0.4) is 0 Å². The van der Waals surface area contributed by atoms with Crippen LogP contribution in [-0.2, 0) is 4.74 Å². The van der Waals surface area contributed by atoms with Crippen molar-refractivity contribution in [3.63, 3.8) is 0 Å². The average Bonchev–Trinajstić information content (AvgIpc) is 2.85. The molecule has 0 saturated carbocycles. The second-order valence-electron chi connectivity index (χ2n) is 8.51. The Hall–Kier alpha value is -2.30. The van der Waals surface area contributed by atoms with Crippen molar-refractivity contribution < 1.29 is 4.74 Å². The molecule has 0 bridgehead atoms. The minimum Gasteiger partial charge on any atom is -0.380 e. The van der Waals surface area contributed by atoms with Gasteiger partial charge in [-0.15, -0.1) is 0 Å². The lowest BCUT2D eigenvalue weighted by Crippen LogP contribution is -2.49. The molecule has 4 aromatic rings. The van der Waals surface area contributed by atoms with Crippen LogP contribution in [0.2, 0.25) is 0 Å². The first-order valence-electron chi connectivity index (χ1n) is 11.2. The standard InChI is InChI=1S/C29H28OP2/c1-5-13-25(14-6-1)31(26-15-7-2-8-16-26)23-29(21-30-22-29)24-32(27-17-9-3-10-18-27)28-19-11-4-12-20-28/h1-20H,21-24H2. The highest BCUT2D eigenvalue weighted by atomic mass is 31.1. The SMILES string of the molecule is c1ccc(P(CC2(CP(c3ccccc3)c3ccccc3)COC2)c2ccccc2)cc1. The molecule has 0 amide bonds. The van der Waals surface area contributed by atoms with Crippen molar-refractivity contribution in [2.45, 2.75) is 0 Å². The molecule has 4 aromatic carbocycles. The van der Waals surface area contributed by atoms with E-state index in [4.69, 9.17) is 4.74 Å².